The summed E-state index contributed by atoms with van der Waals surface area (Å²) in [6, 6.07) is 3.24. The number of nitrogens with one attached hydrogen (secondary N) is 1. The molecule has 13 heteroatoms. The van der Waals surface area contributed by atoms with Gasteiger partial charge in [-0.25, -0.2) is 32.1 Å². The third-order valence-electron chi connectivity index (χ3n) is 3.21. The van der Waals surface area contributed by atoms with Gasteiger partial charge in [-0.15, -0.1) is 5.10 Å². The normalized spacial score (nSPS) is 11.6. The topological polar surface area (TPSA) is 154 Å². The Hall–Kier alpha value is -3.19. The largest absolute Gasteiger partial charge is 0.352 e. The predicted octanol–water partition coefficient (Wildman–Crippen LogP) is -1.14. The van der Waals surface area contributed by atoms with Crippen molar-refractivity contribution in [2.24, 2.45) is 12.2 Å². The van der Waals surface area contributed by atoms with Gasteiger partial charge in [0, 0.05) is 7.05 Å². The molecule has 0 radical (unpaired) electrons. The Bertz CT molecular complexity index is 1170. The first-order chi connectivity index (χ1) is 11.7. The summed E-state index contributed by atoms with van der Waals surface area (Å²) < 4.78 is 38.8. The molecule has 1 aromatic carbocycles. The number of primary sulfonamides is 1. The van der Waals surface area contributed by atoms with Crippen LogP contribution in [0.1, 0.15) is 10.5 Å². The first kappa shape index (κ1) is 16.7. The number of fused-ring (bicyclic) bond motifs is 1. The maximum absolute atomic E-state index is 13.8. The van der Waals surface area contributed by atoms with Crippen molar-refractivity contribution in [3.8, 4) is 0 Å². The first-order valence-corrected chi connectivity index (χ1v) is 8.14. The number of rotatable bonds is 3. The van der Waals surface area contributed by atoms with Crippen molar-refractivity contribution in [1.82, 2.24) is 24.4 Å². The van der Waals surface area contributed by atoms with E-state index in [-0.39, 0.29) is 17.0 Å². The number of anilines is 1. The lowest BCUT2D eigenvalue weighted by atomic mass is 10.3. The maximum atomic E-state index is 13.8. The van der Waals surface area contributed by atoms with Crippen LogP contribution in [0, 0.1) is 5.82 Å². The number of carbonyl (C=O) groups is 1. The van der Waals surface area contributed by atoms with Crippen LogP contribution in [-0.2, 0) is 17.1 Å². The van der Waals surface area contributed by atoms with Crippen molar-refractivity contribution in [3.63, 3.8) is 0 Å². The van der Waals surface area contributed by atoms with E-state index in [1.54, 1.807) is 0 Å². The van der Waals surface area contributed by atoms with E-state index in [4.69, 9.17) is 5.14 Å². The lowest BCUT2D eigenvalue weighted by molar-refractivity contribution is 0.102. The smallest absolute Gasteiger partial charge is 0.319 e. The number of halogens is 1. The Morgan fingerprint density at radius 2 is 2.08 bits per heavy atom. The van der Waals surface area contributed by atoms with Gasteiger partial charge in [0.1, 0.15) is 17.0 Å². The Balaban J connectivity index is 2.07. The molecule has 0 saturated heterocycles. The minimum absolute atomic E-state index is 0.144. The fourth-order valence-electron chi connectivity index (χ4n) is 2.12. The van der Waals surface area contributed by atoms with Crippen LogP contribution in [0.3, 0.4) is 0 Å². The summed E-state index contributed by atoms with van der Waals surface area (Å²) in [6.45, 7) is 0. The van der Waals surface area contributed by atoms with E-state index in [9.17, 15) is 22.4 Å². The number of aryl methyl sites for hydroxylation is 1. The highest BCUT2D eigenvalue weighted by Gasteiger charge is 2.23. The van der Waals surface area contributed by atoms with Crippen molar-refractivity contribution >= 4 is 27.3 Å². The SMILES string of the molecule is Cn1nnc2c(C(=O)Nc3cccc(F)c3S(N)(=O)=O)ncn2c1=O. The van der Waals surface area contributed by atoms with Crippen LogP contribution in [0.4, 0.5) is 10.1 Å². The highest BCUT2D eigenvalue weighted by Crippen LogP contribution is 2.23. The highest BCUT2D eigenvalue weighted by atomic mass is 32.2. The van der Waals surface area contributed by atoms with E-state index in [0.29, 0.717) is 0 Å². The molecule has 0 saturated carbocycles. The minimum atomic E-state index is -4.43. The second-order valence-electron chi connectivity index (χ2n) is 4.90. The van der Waals surface area contributed by atoms with E-state index in [1.807, 2.05) is 0 Å². The number of amides is 1. The predicted molar refractivity (Wildman–Crippen MR) is 81.7 cm³/mol. The van der Waals surface area contributed by atoms with E-state index in [0.717, 1.165) is 27.5 Å². The molecular weight excluding hydrogens is 357 g/mol. The number of hydrogen-bond donors (Lipinski definition) is 2. The number of carbonyl (C=O) groups excluding carboxylic acids is 1. The Labute approximate surface area is 139 Å². The molecule has 3 rings (SSSR count). The van der Waals surface area contributed by atoms with Crippen molar-refractivity contribution in [3.05, 3.63) is 46.5 Å². The van der Waals surface area contributed by atoms with Crippen molar-refractivity contribution in [2.45, 2.75) is 4.90 Å². The third kappa shape index (κ3) is 2.85. The van der Waals surface area contributed by atoms with Crippen LogP contribution >= 0.6 is 0 Å². The lowest BCUT2D eigenvalue weighted by Crippen LogP contribution is -2.27. The van der Waals surface area contributed by atoms with E-state index >= 15 is 0 Å². The Kier molecular flexibility index (Phi) is 3.81. The van der Waals surface area contributed by atoms with Crippen LogP contribution in [0.2, 0.25) is 0 Å². The molecule has 2 aromatic heterocycles. The Morgan fingerprint density at radius 3 is 2.76 bits per heavy atom. The van der Waals surface area contributed by atoms with Gasteiger partial charge in [-0.3, -0.25) is 4.79 Å². The van der Waals surface area contributed by atoms with Crippen molar-refractivity contribution in [1.29, 1.82) is 0 Å². The van der Waals surface area contributed by atoms with Gasteiger partial charge in [-0.1, -0.05) is 11.3 Å². The molecule has 0 aliphatic heterocycles. The number of nitrogens with two attached hydrogens (primary N) is 1. The zero-order valence-corrected chi connectivity index (χ0v) is 13.4. The molecule has 2 heterocycles. The number of nitrogens with zero attached hydrogens (tertiary/aromatic N) is 5. The molecule has 1 amide bonds. The van der Waals surface area contributed by atoms with E-state index < -0.39 is 32.3 Å². The number of imidazole rings is 1. The van der Waals surface area contributed by atoms with Crippen LogP contribution in [0.15, 0.2) is 34.2 Å². The van der Waals surface area contributed by atoms with E-state index in [1.165, 1.54) is 13.1 Å². The summed E-state index contributed by atoms with van der Waals surface area (Å²) in [4.78, 5) is 27.1. The fraction of sp³-hybridized carbons (Fsp3) is 0.0833. The van der Waals surface area contributed by atoms with Crippen LogP contribution < -0.4 is 16.1 Å². The molecule has 0 fully saturated rings. The second kappa shape index (κ2) is 5.71. The summed E-state index contributed by atoms with van der Waals surface area (Å²) in [5, 5.41) is 14.4. The van der Waals surface area contributed by atoms with Crippen molar-refractivity contribution < 1.29 is 17.6 Å². The molecule has 0 aliphatic rings. The average molecular weight is 367 g/mol. The average Bonchev–Trinajstić information content (AvgIpc) is 2.94. The quantitative estimate of drug-likeness (QED) is 0.593. The third-order valence-corrected chi connectivity index (χ3v) is 4.20. The first-order valence-electron chi connectivity index (χ1n) is 6.60. The Morgan fingerprint density at radius 1 is 1.36 bits per heavy atom. The highest BCUT2D eigenvalue weighted by molar-refractivity contribution is 7.89. The number of benzene rings is 1. The molecule has 130 valence electrons. The minimum Gasteiger partial charge on any atom is -0.319 e. The molecule has 25 heavy (non-hydrogen) atoms. The van der Waals surface area contributed by atoms with Gasteiger partial charge in [0.25, 0.3) is 5.91 Å². The van der Waals surface area contributed by atoms with Gasteiger partial charge >= 0.3 is 5.69 Å². The number of sulfonamides is 1. The zero-order chi connectivity index (χ0) is 18.4. The molecule has 3 N–H and O–H groups in total. The zero-order valence-electron chi connectivity index (χ0n) is 12.5. The molecule has 0 unspecified atom stereocenters. The molecule has 0 spiro atoms. The van der Waals surface area contributed by atoms with Gasteiger partial charge < -0.3 is 5.32 Å². The number of hydrogen-bond acceptors (Lipinski definition) is 7. The van der Waals surface area contributed by atoms with E-state index in [2.05, 4.69) is 20.6 Å². The van der Waals surface area contributed by atoms with Gasteiger partial charge in [-0.2, -0.15) is 4.68 Å². The molecule has 0 bridgehead atoms. The maximum Gasteiger partial charge on any atom is 0.352 e. The van der Waals surface area contributed by atoms with Gasteiger partial charge in [0.15, 0.2) is 11.3 Å². The molecule has 3 aromatic rings. The van der Waals surface area contributed by atoms with Gasteiger partial charge in [0.05, 0.1) is 5.69 Å². The van der Waals surface area contributed by atoms with Crippen LogP contribution in [0.25, 0.3) is 5.65 Å². The lowest BCUT2D eigenvalue weighted by Gasteiger charge is -2.09. The van der Waals surface area contributed by atoms with Gasteiger partial charge in [0.2, 0.25) is 10.0 Å². The summed E-state index contributed by atoms with van der Waals surface area (Å²) in [7, 11) is -3.07. The van der Waals surface area contributed by atoms with Crippen LogP contribution in [-0.4, -0.2) is 38.7 Å². The summed E-state index contributed by atoms with van der Waals surface area (Å²) in [5.74, 6) is -2.04. The molecule has 0 atom stereocenters. The van der Waals surface area contributed by atoms with Crippen LogP contribution in [0.5, 0.6) is 0 Å². The number of aromatic nitrogens is 5. The second-order valence-corrected chi connectivity index (χ2v) is 6.40. The molecule has 0 aliphatic carbocycles. The standard InChI is InChI=1S/C12H10FN7O4S/c1-19-12(22)20-5-15-8(10(20)17-18-19)11(21)16-7-4-2-3-6(13)9(7)25(14,23)24/h2-5H,1H3,(H,16,21)(H2,14,23,24). The monoisotopic (exact) mass is 367 g/mol. The fourth-order valence-corrected chi connectivity index (χ4v) is 2.88. The summed E-state index contributed by atoms with van der Waals surface area (Å²) in [5.41, 5.74) is -1.40. The van der Waals surface area contributed by atoms with Crippen molar-refractivity contribution in [2.75, 3.05) is 5.32 Å². The molecular formula is C12H10FN7O4S. The summed E-state index contributed by atoms with van der Waals surface area (Å²) in [6.07, 6.45) is 1.06. The summed E-state index contributed by atoms with van der Waals surface area (Å²) >= 11 is 0. The molecule has 11 nitrogen and oxygen atoms in total. The van der Waals surface area contributed by atoms with Gasteiger partial charge in [-0.05, 0) is 12.1 Å².